The van der Waals surface area contributed by atoms with Gasteiger partial charge in [0.15, 0.2) is 5.75 Å². The van der Waals surface area contributed by atoms with Crippen molar-refractivity contribution in [1.29, 1.82) is 0 Å². The lowest BCUT2D eigenvalue weighted by atomic mass is 10.0. The predicted octanol–water partition coefficient (Wildman–Crippen LogP) is 5.39. The Morgan fingerprint density at radius 2 is 1.91 bits per heavy atom. The maximum atomic E-state index is 13.0. The van der Waals surface area contributed by atoms with Gasteiger partial charge in [-0.15, -0.1) is 0 Å². The molecule has 0 saturated heterocycles. The Morgan fingerprint density at radius 3 is 2.59 bits per heavy atom. The van der Waals surface area contributed by atoms with Crippen LogP contribution in [-0.4, -0.2) is 12.1 Å². The molecule has 0 atom stereocenters. The van der Waals surface area contributed by atoms with Crippen LogP contribution in [0.1, 0.15) is 11.1 Å². The molecule has 3 rings (SSSR count). The first kappa shape index (κ1) is 15.3. The standard InChI is InChI=1S/C17H12BrClFNO/c1-22-17-14(18)8-15(19)13-7-11(9-21-16(13)17)6-10-2-4-12(20)5-3-10/h2-5,7-9H,6H2,1H3. The average molecular weight is 381 g/mol. The van der Waals surface area contributed by atoms with Crippen molar-refractivity contribution in [3.05, 3.63) is 69.0 Å². The minimum absolute atomic E-state index is 0.238. The number of aromatic nitrogens is 1. The average Bonchev–Trinajstić information content (AvgIpc) is 2.50. The summed E-state index contributed by atoms with van der Waals surface area (Å²) in [5, 5.41) is 1.44. The topological polar surface area (TPSA) is 22.1 Å². The molecule has 0 radical (unpaired) electrons. The van der Waals surface area contributed by atoms with Crippen LogP contribution in [0.5, 0.6) is 5.75 Å². The molecule has 1 heterocycles. The van der Waals surface area contributed by atoms with Crippen molar-refractivity contribution in [2.24, 2.45) is 0 Å². The molecule has 0 unspecified atom stereocenters. The highest BCUT2D eigenvalue weighted by molar-refractivity contribution is 9.10. The van der Waals surface area contributed by atoms with E-state index in [1.54, 1.807) is 31.5 Å². The molecule has 0 bridgehead atoms. The second-order valence-electron chi connectivity index (χ2n) is 4.92. The van der Waals surface area contributed by atoms with Crippen molar-refractivity contribution in [3.63, 3.8) is 0 Å². The van der Waals surface area contributed by atoms with Crippen LogP contribution in [0.15, 0.2) is 47.1 Å². The fraction of sp³-hybridized carbons (Fsp3) is 0.118. The normalized spacial score (nSPS) is 10.9. The maximum absolute atomic E-state index is 13.0. The molecule has 0 N–H and O–H groups in total. The summed E-state index contributed by atoms with van der Waals surface area (Å²) >= 11 is 9.73. The van der Waals surface area contributed by atoms with Crippen molar-refractivity contribution in [2.75, 3.05) is 7.11 Å². The second kappa shape index (κ2) is 6.23. The Balaban J connectivity index is 2.04. The molecular formula is C17H12BrClFNO. The van der Waals surface area contributed by atoms with Crippen molar-refractivity contribution >= 4 is 38.4 Å². The van der Waals surface area contributed by atoms with E-state index in [-0.39, 0.29) is 5.82 Å². The van der Waals surface area contributed by atoms with E-state index in [0.717, 1.165) is 21.0 Å². The quantitative estimate of drug-likeness (QED) is 0.608. The lowest BCUT2D eigenvalue weighted by Gasteiger charge is -2.10. The van der Waals surface area contributed by atoms with Crippen LogP contribution in [0.4, 0.5) is 4.39 Å². The Labute approximate surface area is 141 Å². The number of benzene rings is 2. The number of fused-ring (bicyclic) bond motifs is 1. The SMILES string of the molecule is COc1c(Br)cc(Cl)c2cc(Cc3ccc(F)cc3)cnc12. The summed E-state index contributed by atoms with van der Waals surface area (Å²) in [6, 6.07) is 10.2. The van der Waals surface area contributed by atoms with Gasteiger partial charge < -0.3 is 4.74 Å². The van der Waals surface area contributed by atoms with Crippen molar-refractivity contribution < 1.29 is 9.13 Å². The van der Waals surface area contributed by atoms with Gasteiger partial charge in [-0.2, -0.15) is 0 Å². The van der Waals surface area contributed by atoms with E-state index in [1.807, 2.05) is 6.07 Å². The van der Waals surface area contributed by atoms with Crippen molar-refractivity contribution in [3.8, 4) is 5.75 Å². The van der Waals surface area contributed by atoms with Crippen LogP contribution >= 0.6 is 27.5 Å². The monoisotopic (exact) mass is 379 g/mol. The summed E-state index contributed by atoms with van der Waals surface area (Å²) < 4.78 is 19.1. The van der Waals surface area contributed by atoms with Crippen LogP contribution in [0.3, 0.4) is 0 Å². The molecular weight excluding hydrogens is 369 g/mol. The number of halogens is 3. The molecule has 0 fully saturated rings. The van der Waals surface area contributed by atoms with Crippen molar-refractivity contribution in [1.82, 2.24) is 4.98 Å². The molecule has 0 spiro atoms. The second-order valence-corrected chi connectivity index (χ2v) is 6.18. The van der Waals surface area contributed by atoms with Crippen LogP contribution in [0.2, 0.25) is 5.02 Å². The Bertz CT molecular complexity index is 836. The van der Waals surface area contributed by atoms with Crippen LogP contribution in [0.25, 0.3) is 10.9 Å². The molecule has 3 aromatic rings. The molecule has 5 heteroatoms. The molecule has 112 valence electrons. The third-order valence-electron chi connectivity index (χ3n) is 3.41. The highest BCUT2D eigenvalue weighted by atomic mass is 79.9. The van der Waals surface area contributed by atoms with Gasteiger partial charge in [-0.05, 0) is 57.7 Å². The van der Waals surface area contributed by atoms with E-state index in [4.69, 9.17) is 16.3 Å². The van der Waals surface area contributed by atoms with E-state index in [1.165, 1.54) is 12.1 Å². The van der Waals surface area contributed by atoms with Gasteiger partial charge in [0, 0.05) is 11.6 Å². The lowest BCUT2D eigenvalue weighted by Crippen LogP contribution is -1.94. The number of hydrogen-bond acceptors (Lipinski definition) is 2. The molecule has 2 aromatic carbocycles. The van der Waals surface area contributed by atoms with Gasteiger partial charge in [-0.1, -0.05) is 23.7 Å². The third kappa shape index (κ3) is 2.94. The lowest BCUT2D eigenvalue weighted by molar-refractivity contribution is 0.416. The minimum Gasteiger partial charge on any atom is -0.493 e. The van der Waals surface area contributed by atoms with E-state index in [2.05, 4.69) is 20.9 Å². The molecule has 0 saturated carbocycles. The largest absolute Gasteiger partial charge is 0.493 e. The smallest absolute Gasteiger partial charge is 0.159 e. The first-order valence-corrected chi connectivity index (χ1v) is 7.80. The molecule has 0 aliphatic heterocycles. The fourth-order valence-electron chi connectivity index (χ4n) is 2.37. The summed E-state index contributed by atoms with van der Waals surface area (Å²) in [7, 11) is 1.60. The zero-order chi connectivity index (χ0) is 15.7. The molecule has 0 amide bonds. The Kier molecular flexibility index (Phi) is 4.32. The van der Waals surface area contributed by atoms with E-state index in [9.17, 15) is 4.39 Å². The number of ether oxygens (including phenoxy) is 1. The zero-order valence-electron chi connectivity index (χ0n) is 11.7. The summed E-state index contributed by atoms with van der Waals surface area (Å²) in [4.78, 5) is 4.47. The summed E-state index contributed by atoms with van der Waals surface area (Å²) in [5.74, 6) is 0.422. The number of rotatable bonds is 3. The van der Waals surface area contributed by atoms with E-state index >= 15 is 0 Å². The van der Waals surface area contributed by atoms with Gasteiger partial charge in [-0.25, -0.2) is 4.39 Å². The number of methoxy groups -OCH3 is 1. The zero-order valence-corrected chi connectivity index (χ0v) is 14.1. The van der Waals surface area contributed by atoms with Gasteiger partial charge in [-0.3, -0.25) is 4.98 Å². The van der Waals surface area contributed by atoms with Gasteiger partial charge in [0.2, 0.25) is 0 Å². The highest BCUT2D eigenvalue weighted by Crippen LogP contribution is 2.37. The first-order chi connectivity index (χ1) is 10.6. The van der Waals surface area contributed by atoms with Crippen molar-refractivity contribution in [2.45, 2.75) is 6.42 Å². The molecule has 1 aromatic heterocycles. The fourth-order valence-corrected chi connectivity index (χ4v) is 3.33. The van der Waals surface area contributed by atoms with Gasteiger partial charge in [0.05, 0.1) is 16.6 Å². The first-order valence-electron chi connectivity index (χ1n) is 6.63. The Hall–Kier alpha value is -1.65. The summed E-state index contributed by atoms with van der Waals surface area (Å²) in [5.41, 5.74) is 2.73. The molecule has 2 nitrogen and oxygen atoms in total. The highest BCUT2D eigenvalue weighted by Gasteiger charge is 2.12. The van der Waals surface area contributed by atoms with Crippen LogP contribution in [-0.2, 0) is 6.42 Å². The molecule has 0 aliphatic rings. The Morgan fingerprint density at radius 1 is 1.18 bits per heavy atom. The van der Waals surface area contributed by atoms with Gasteiger partial charge >= 0.3 is 0 Å². The van der Waals surface area contributed by atoms with Crippen LogP contribution in [0, 0.1) is 5.82 Å². The van der Waals surface area contributed by atoms with Gasteiger partial charge in [0.25, 0.3) is 0 Å². The van der Waals surface area contributed by atoms with E-state index in [0.29, 0.717) is 22.7 Å². The van der Waals surface area contributed by atoms with E-state index < -0.39 is 0 Å². The third-order valence-corrected chi connectivity index (χ3v) is 4.31. The maximum Gasteiger partial charge on any atom is 0.159 e. The van der Waals surface area contributed by atoms with Crippen LogP contribution < -0.4 is 4.74 Å². The summed E-state index contributed by atoms with van der Waals surface area (Å²) in [6.07, 6.45) is 2.45. The summed E-state index contributed by atoms with van der Waals surface area (Å²) in [6.45, 7) is 0. The minimum atomic E-state index is -0.238. The predicted molar refractivity (Wildman–Crippen MR) is 90.2 cm³/mol. The molecule has 22 heavy (non-hydrogen) atoms. The van der Waals surface area contributed by atoms with Gasteiger partial charge in [0.1, 0.15) is 11.3 Å². The number of pyridine rings is 1. The number of nitrogens with zero attached hydrogens (tertiary/aromatic N) is 1. The molecule has 0 aliphatic carbocycles. The number of hydrogen-bond donors (Lipinski definition) is 0.